The highest BCUT2D eigenvalue weighted by Crippen LogP contribution is 2.18. The normalized spacial score (nSPS) is 10.2. The van der Waals surface area contributed by atoms with Crippen LogP contribution in [0, 0.1) is 15.0 Å². The Hall–Kier alpha value is -2.04. The molecule has 0 aliphatic rings. The maximum absolute atomic E-state index is 10.4. The maximum atomic E-state index is 10.4. The van der Waals surface area contributed by atoms with Crippen molar-refractivity contribution in [3.05, 3.63) is 51.1 Å². The van der Waals surface area contributed by atoms with Gasteiger partial charge in [-0.2, -0.15) is 0 Å². The molecule has 13 heavy (non-hydrogen) atoms. The Balaban J connectivity index is 3.11. The first kappa shape index (κ1) is 9.05. The first-order valence-electron chi connectivity index (χ1n) is 3.48. The van der Waals surface area contributed by atoms with Crippen LogP contribution in [0.15, 0.2) is 35.6 Å². The molecule has 0 amide bonds. The molecule has 0 atom stereocenters. The van der Waals surface area contributed by atoms with Gasteiger partial charge in [-0.05, 0) is 17.3 Å². The van der Waals surface area contributed by atoms with Gasteiger partial charge in [-0.1, -0.05) is 12.1 Å². The summed E-state index contributed by atoms with van der Waals surface area (Å²) in [6.45, 7) is 0. The van der Waals surface area contributed by atoms with Gasteiger partial charge in [0.2, 0.25) is 0 Å². The van der Waals surface area contributed by atoms with Gasteiger partial charge in [0, 0.05) is 6.07 Å². The highest BCUT2D eigenvalue weighted by atomic mass is 16.6. The van der Waals surface area contributed by atoms with Gasteiger partial charge in [0.15, 0.2) is 0 Å². The average Bonchev–Trinajstić information content (AvgIpc) is 2.15. The lowest BCUT2D eigenvalue weighted by molar-refractivity contribution is -0.385. The fraction of sp³-hybridized carbons (Fsp3) is 0. The lowest BCUT2D eigenvalue weighted by atomic mass is 10.2. The van der Waals surface area contributed by atoms with Gasteiger partial charge in [0.1, 0.15) is 0 Å². The summed E-state index contributed by atoms with van der Waals surface area (Å²) < 4.78 is 0. The monoisotopic (exact) mass is 178 g/mol. The Labute approximate surface area is 73.8 Å². The Kier molecular flexibility index (Phi) is 2.86. The Morgan fingerprint density at radius 3 is 2.69 bits per heavy atom. The summed E-state index contributed by atoms with van der Waals surface area (Å²) in [6.07, 6.45) is 2.27. The number of para-hydroxylation sites is 1. The summed E-state index contributed by atoms with van der Waals surface area (Å²) in [5.74, 6) is 0. The molecule has 0 heterocycles. The lowest BCUT2D eigenvalue weighted by Crippen LogP contribution is -1.90. The zero-order valence-electron chi connectivity index (χ0n) is 6.58. The van der Waals surface area contributed by atoms with E-state index in [4.69, 9.17) is 0 Å². The highest BCUT2D eigenvalue weighted by Gasteiger charge is 2.08. The molecule has 0 spiro atoms. The van der Waals surface area contributed by atoms with E-state index in [9.17, 15) is 15.0 Å². The molecule has 5 heteroatoms. The van der Waals surface area contributed by atoms with Crippen LogP contribution < -0.4 is 0 Å². The van der Waals surface area contributed by atoms with E-state index in [-0.39, 0.29) is 5.69 Å². The van der Waals surface area contributed by atoms with Crippen molar-refractivity contribution in [2.45, 2.75) is 0 Å². The first-order chi connectivity index (χ1) is 6.25. The number of nitroso groups, excluding NO2 is 1. The van der Waals surface area contributed by atoms with Gasteiger partial charge in [0.25, 0.3) is 5.69 Å². The number of nitro benzene ring substituents is 1. The fourth-order valence-corrected chi connectivity index (χ4v) is 0.905. The molecule has 0 unspecified atom stereocenters. The Morgan fingerprint density at radius 2 is 2.08 bits per heavy atom. The summed E-state index contributed by atoms with van der Waals surface area (Å²) in [6, 6.07) is 6.12. The van der Waals surface area contributed by atoms with Crippen LogP contribution in [0.5, 0.6) is 0 Å². The quantitative estimate of drug-likeness (QED) is 0.405. The van der Waals surface area contributed by atoms with Gasteiger partial charge in [0.05, 0.1) is 16.7 Å². The Morgan fingerprint density at radius 1 is 1.38 bits per heavy atom. The summed E-state index contributed by atoms with van der Waals surface area (Å²) in [4.78, 5) is 19.7. The van der Waals surface area contributed by atoms with Crippen molar-refractivity contribution < 1.29 is 4.92 Å². The number of nitrogens with zero attached hydrogens (tertiary/aromatic N) is 2. The molecular weight excluding hydrogens is 172 g/mol. The molecule has 1 aromatic carbocycles. The molecule has 66 valence electrons. The molecule has 0 aliphatic heterocycles. The smallest absolute Gasteiger partial charge is 0.258 e. The van der Waals surface area contributed by atoms with Crippen molar-refractivity contribution in [3.8, 4) is 0 Å². The predicted molar refractivity (Wildman–Crippen MR) is 47.9 cm³/mol. The SMILES string of the molecule is O=N/C=C/c1ccccc1[N+](=O)[O-]. The molecule has 0 bridgehead atoms. The van der Waals surface area contributed by atoms with Gasteiger partial charge >= 0.3 is 0 Å². The van der Waals surface area contributed by atoms with Crippen molar-refractivity contribution >= 4 is 11.8 Å². The number of rotatable bonds is 3. The molecule has 0 saturated heterocycles. The predicted octanol–water partition coefficient (Wildman–Crippen LogP) is 2.33. The molecule has 0 saturated carbocycles. The van der Waals surface area contributed by atoms with Crippen molar-refractivity contribution in [1.82, 2.24) is 0 Å². The third-order valence-corrected chi connectivity index (χ3v) is 1.45. The zero-order chi connectivity index (χ0) is 9.68. The van der Waals surface area contributed by atoms with Gasteiger partial charge in [-0.3, -0.25) is 10.1 Å². The molecular formula is C8H6N2O3. The minimum atomic E-state index is -0.509. The highest BCUT2D eigenvalue weighted by molar-refractivity contribution is 5.60. The van der Waals surface area contributed by atoms with Crippen LogP contribution in [-0.2, 0) is 0 Å². The van der Waals surface area contributed by atoms with Gasteiger partial charge in [-0.15, -0.1) is 4.91 Å². The molecule has 1 rings (SSSR count). The standard InChI is InChI=1S/C8H6N2O3/c11-9-6-5-7-3-1-2-4-8(7)10(12)13/h1-6H/b6-5+. The van der Waals surface area contributed by atoms with Crippen molar-refractivity contribution in [2.24, 2.45) is 5.18 Å². The summed E-state index contributed by atoms with van der Waals surface area (Å²) >= 11 is 0. The van der Waals surface area contributed by atoms with Crippen LogP contribution in [0.1, 0.15) is 5.56 Å². The first-order valence-corrected chi connectivity index (χ1v) is 3.48. The second kappa shape index (κ2) is 4.10. The van der Waals surface area contributed by atoms with E-state index in [0.29, 0.717) is 5.56 Å². The van der Waals surface area contributed by atoms with E-state index in [0.717, 1.165) is 6.20 Å². The van der Waals surface area contributed by atoms with Crippen molar-refractivity contribution in [1.29, 1.82) is 0 Å². The minimum absolute atomic E-state index is 0.0394. The van der Waals surface area contributed by atoms with E-state index in [1.807, 2.05) is 0 Å². The summed E-state index contributed by atoms with van der Waals surface area (Å²) in [5, 5.41) is 12.9. The molecule has 0 radical (unpaired) electrons. The molecule has 5 nitrogen and oxygen atoms in total. The van der Waals surface area contributed by atoms with Crippen LogP contribution in [0.4, 0.5) is 5.69 Å². The average molecular weight is 178 g/mol. The fourth-order valence-electron chi connectivity index (χ4n) is 0.905. The summed E-state index contributed by atoms with van der Waals surface area (Å²) in [5.41, 5.74) is 0.328. The number of hydrogen-bond donors (Lipinski definition) is 0. The van der Waals surface area contributed by atoms with Crippen LogP contribution in [0.3, 0.4) is 0 Å². The van der Waals surface area contributed by atoms with E-state index in [1.54, 1.807) is 18.2 Å². The molecule has 0 fully saturated rings. The minimum Gasteiger partial charge on any atom is -0.258 e. The van der Waals surface area contributed by atoms with Crippen LogP contribution in [0.25, 0.3) is 6.08 Å². The van der Waals surface area contributed by atoms with Crippen molar-refractivity contribution in [2.75, 3.05) is 0 Å². The third-order valence-electron chi connectivity index (χ3n) is 1.45. The van der Waals surface area contributed by atoms with Crippen LogP contribution in [0.2, 0.25) is 0 Å². The van der Waals surface area contributed by atoms with E-state index in [2.05, 4.69) is 5.18 Å². The second-order valence-electron chi connectivity index (χ2n) is 2.24. The van der Waals surface area contributed by atoms with Gasteiger partial charge in [-0.25, -0.2) is 0 Å². The number of benzene rings is 1. The molecule has 0 aliphatic carbocycles. The summed E-state index contributed by atoms with van der Waals surface area (Å²) in [7, 11) is 0. The zero-order valence-corrected chi connectivity index (χ0v) is 6.58. The molecule has 1 aromatic rings. The van der Waals surface area contributed by atoms with Gasteiger partial charge < -0.3 is 0 Å². The molecule has 0 N–H and O–H groups in total. The van der Waals surface area contributed by atoms with E-state index >= 15 is 0 Å². The van der Waals surface area contributed by atoms with Crippen molar-refractivity contribution in [3.63, 3.8) is 0 Å². The van der Waals surface area contributed by atoms with Crippen LogP contribution in [-0.4, -0.2) is 4.92 Å². The van der Waals surface area contributed by atoms with Crippen LogP contribution >= 0.6 is 0 Å². The topological polar surface area (TPSA) is 72.6 Å². The number of nitro groups is 1. The van der Waals surface area contributed by atoms with E-state index in [1.165, 1.54) is 12.1 Å². The third kappa shape index (κ3) is 2.19. The Bertz CT molecular complexity index is 360. The number of hydrogen-bond acceptors (Lipinski definition) is 4. The molecule has 0 aromatic heterocycles. The second-order valence-corrected chi connectivity index (χ2v) is 2.24. The van der Waals surface area contributed by atoms with E-state index < -0.39 is 4.92 Å². The maximum Gasteiger partial charge on any atom is 0.276 e. The largest absolute Gasteiger partial charge is 0.276 e. The lowest BCUT2D eigenvalue weighted by Gasteiger charge is -1.94.